The van der Waals surface area contributed by atoms with Gasteiger partial charge in [-0.2, -0.15) is 0 Å². The standard InChI is InChI=1S/4C7H14O.Hf/c4*8-7-5-3-1-2-4-6-7;/h4*7-8H,1-6H2;. The number of rotatable bonds is 0. The van der Waals surface area contributed by atoms with Gasteiger partial charge in [0.1, 0.15) is 0 Å². The van der Waals surface area contributed by atoms with E-state index in [0.29, 0.717) is 0 Å². The summed E-state index contributed by atoms with van der Waals surface area (Å²) in [6.45, 7) is 0. The maximum Gasteiger partial charge on any atom is 0.0540 e. The SMILES string of the molecule is OC1CCCCCC1.OC1CCCCCC1.OC1CCCCCC1.OC1CCCCCC1.[Hf]. The van der Waals surface area contributed by atoms with E-state index in [2.05, 4.69) is 0 Å². The Bertz CT molecular complexity index is 292. The minimum atomic E-state index is 0. The van der Waals surface area contributed by atoms with Crippen LogP contribution < -0.4 is 0 Å². The summed E-state index contributed by atoms with van der Waals surface area (Å²) in [6, 6.07) is 0. The predicted octanol–water partition coefficient (Wildman–Crippen LogP) is 6.80. The molecule has 0 unspecified atom stereocenters. The van der Waals surface area contributed by atoms with Crippen molar-refractivity contribution in [3.05, 3.63) is 0 Å². The Hall–Kier alpha value is 0.710. The van der Waals surface area contributed by atoms with E-state index in [-0.39, 0.29) is 50.3 Å². The van der Waals surface area contributed by atoms with Crippen LogP contribution in [0.1, 0.15) is 154 Å². The molecule has 0 atom stereocenters. The zero-order chi connectivity index (χ0) is 23.3. The van der Waals surface area contributed by atoms with Crippen LogP contribution in [-0.2, 0) is 25.8 Å². The number of hydrogen-bond acceptors (Lipinski definition) is 4. The van der Waals surface area contributed by atoms with E-state index in [1.54, 1.807) is 0 Å². The number of aliphatic hydroxyl groups excluding tert-OH is 4. The molecule has 33 heavy (non-hydrogen) atoms. The Kier molecular flexibility index (Phi) is 24.9. The second-order valence-corrected chi connectivity index (χ2v) is 10.6. The van der Waals surface area contributed by atoms with Gasteiger partial charge in [-0.25, -0.2) is 0 Å². The van der Waals surface area contributed by atoms with E-state index in [4.69, 9.17) is 20.4 Å². The smallest absolute Gasteiger partial charge is 0.0540 e. The molecule has 0 saturated heterocycles. The summed E-state index contributed by atoms with van der Waals surface area (Å²) in [5.41, 5.74) is 0. The van der Waals surface area contributed by atoms with Gasteiger partial charge in [0.05, 0.1) is 24.4 Å². The summed E-state index contributed by atoms with van der Waals surface area (Å²) in [5.74, 6) is 0. The molecule has 0 aromatic rings. The first-order chi connectivity index (χ1) is 15.6. The van der Waals surface area contributed by atoms with E-state index in [9.17, 15) is 0 Å². The molecular weight excluding hydrogens is 579 g/mol. The fourth-order valence-corrected chi connectivity index (χ4v) is 5.03. The van der Waals surface area contributed by atoms with Crippen LogP contribution in [0.4, 0.5) is 0 Å². The van der Waals surface area contributed by atoms with Crippen LogP contribution >= 0.6 is 0 Å². The fourth-order valence-electron chi connectivity index (χ4n) is 5.03. The molecule has 5 heteroatoms. The van der Waals surface area contributed by atoms with Crippen molar-refractivity contribution >= 4 is 0 Å². The maximum absolute atomic E-state index is 9.09. The minimum absolute atomic E-state index is 0. The van der Waals surface area contributed by atoms with E-state index in [1.165, 1.54) is 103 Å². The molecule has 0 radical (unpaired) electrons. The van der Waals surface area contributed by atoms with Gasteiger partial charge >= 0.3 is 0 Å². The Morgan fingerprint density at radius 2 is 0.364 bits per heavy atom. The molecule has 4 nitrogen and oxygen atoms in total. The molecule has 4 aliphatic rings. The Morgan fingerprint density at radius 3 is 0.485 bits per heavy atom. The number of hydrogen-bond donors (Lipinski definition) is 4. The largest absolute Gasteiger partial charge is 0.393 e. The Morgan fingerprint density at radius 1 is 0.242 bits per heavy atom. The maximum atomic E-state index is 9.09. The minimum Gasteiger partial charge on any atom is -0.393 e. The molecule has 0 spiro atoms. The van der Waals surface area contributed by atoms with Crippen molar-refractivity contribution in [2.75, 3.05) is 0 Å². The van der Waals surface area contributed by atoms with Crippen LogP contribution in [0.25, 0.3) is 0 Å². The molecule has 4 N–H and O–H groups in total. The zero-order valence-corrected chi connectivity index (χ0v) is 25.2. The summed E-state index contributed by atoms with van der Waals surface area (Å²) in [4.78, 5) is 0. The monoisotopic (exact) mass is 636 g/mol. The van der Waals surface area contributed by atoms with Gasteiger partial charge in [-0.1, -0.05) is 103 Å². The van der Waals surface area contributed by atoms with Crippen LogP contribution in [-0.4, -0.2) is 44.8 Å². The first-order valence-corrected chi connectivity index (χ1v) is 14.3. The van der Waals surface area contributed by atoms with Gasteiger partial charge < -0.3 is 20.4 Å². The van der Waals surface area contributed by atoms with Crippen LogP contribution in [0.3, 0.4) is 0 Å². The van der Waals surface area contributed by atoms with E-state index < -0.39 is 0 Å². The summed E-state index contributed by atoms with van der Waals surface area (Å²) in [6.07, 6.45) is 29.0. The first kappa shape index (κ1) is 33.7. The average molecular weight is 635 g/mol. The van der Waals surface area contributed by atoms with Gasteiger partial charge in [-0.15, -0.1) is 0 Å². The van der Waals surface area contributed by atoms with Crippen LogP contribution in [0.15, 0.2) is 0 Å². The molecule has 196 valence electrons. The molecule has 0 aromatic carbocycles. The van der Waals surface area contributed by atoms with Gasteiger partial charge in [0.15, 0.2) is 0 Å². The quantitative estimate of drug-likeness (QED) is 0.174. The normalized spacial score (nSPS) is 24.4. The molecule has 0 bridgehead atoms. The second-order valence-electron chi connectivity index (χ2n) is 10.6. The van der Waals surface area contributed by atoms with Gasteiger partial charge in [0.25, 0.3) is 0 Å². The molecule has 0 amide bonds. The molecule has 4 fully saturated rings. The molecule has 4 saturated carbocycles. The van der Waals surface area contributed by atoms with Crippen molar-refractivity contribution in [2.45, 2.75) is 179 Å². The van der Waals surface area contributed by atoms with Crippen molar-refractivity contribution in [3.8, 4) is 0 Å². The van der Waals surface area contributed by atoms with E-state index >= 15 is 0 Å². The van der Waals surface area contributed by atoms with Crippen molar-refractivity contribution in [1.29, 1.82) is 0 Å². The topological polar surface area (TPSA) is 80.9 Å². The summed E-state index contributed by atoms with van der Waals surface area (Å²) in [5, 5.41) is 36.4. The van der Waals surface area contributed by atoms with Crippen molar-refractivity contribution in [2.24, 2.45) is 0 Å². The molecule has 0 heterocycles. The number of aliphatic hydroxyl groups is 4. The first-order valence-electron chi connectivity index (χ1n) is 14.3. The van der Waals surface area contributed by atoms with E-state index in [0.717, 1.165) is 51.4 Å². The van der Waals surface area contributed by atoms with E-state index in [1.807, 2.05) is 0 Å². The predicted molar refractivity (Wildman–Crippen MR) is 135 cm³/mol. The van der Waals surface area contributed by atoms with Crippen LogP contribution in [0.5, 0.6) is 0 Å². The molecule has 0 aromatic heterocycles. The van der Waals surface area contributed by atoms with Gasteiger partial charge in [0.2, 0.25) is 0 Å². The van der Waals surface area contributed by atoms with Crippen molar-refractivity contribution in [3.63, 3.8) is 0 Å². The molecule has 0 aliphatic heterocycles. The molecule has 4 aliphatic carbocycles. The summed E-state index contributed by atoms with van der Waals surface area (Å²) in [7, 11) is 0. The Balaban J connectivity index is 0.000000410. The molecular formula is C28H56HfO4. The van der Waals surface area contributed by atoms with Crippen molar-refractivity contribution < 1.29 is 46.3 Å². The van der Waals surface area contributed by atoms with Gasteiger partial charge in [-0.05, 0) is 51.4 Å². The summed E-state index contributed by atoms with van der Waals surface area (Å²) >= 11 is 0. The van der Waals surface area contributed by atoms with Crippen molar-refractivity contribution in [1.82, 2.24) is 0 Å². The summed E-state index contributed by atoms with van der Waals surface area (Å²) < 4.78 is 0. The van der Waals surface area contributed by atoms with Gasteiger partial charge in [0, 0.05) is 25.8 Å². The van der Waals surface area contributed by atoms with Crippen LogP contribution in [0, 0.1) is 0 Å². The third-order valence-corrected chi connectivity index (χ3v) is 7.30. The Labute approximate surface area is 224 Å². The third kappa shape index (κ3) is 22.9. The average Bonchev–Trinajstić information content (AvgIpc) is 3.35. The fraction of sp³-hybridized carbons (Fsp3) is 1.00. The van der Waals surface area contributed by atoms with Crippen LogP contribution in [0.2, 0.25) is 0 Å². The molecule has 4 rings (SSSR count). The second kappa shape index (κ2) is 24.4. The van der Waals surface area contributed by atoms with Gasteiger partial charge in [-0.3, -0.25) is 0 Å². The zero-order valence-electron chi connectivity index (χ0n) is 21.6. The third-order valence-electron chi connectivity index (χ3n) is 7.30.